The Morgan fingerprint density at radius 3 is 2.42 bits per heavy atom. The molecule has 0 saturated carbocycles. The Labute approximate surface area is 74.5 Å². The van der Waals surface area contributed by atoms with Crippen LogP contribution >= 0.6 is 0 Å². The molecule has 0 spiro atoms. The van der Waals surface area contributed by atoms with Gasteiger partial charge in [-0.2, -0.15) is 0 Å². The number of likely N-dealkylation sites (tertiary alicyclic amines) is 1. The number of nitrogens with two attached hydrogens (primary N) is 1. The highest BCUT2D eigenvalue weighted by molar-refractivity contribution is 4.93. The summed E-state index contributed by atoms with van der Waals surface area (Å²) >= 11 is 0. The first-order chi connectivity index (χ1) is 5.45. The number of nitrogens with zero attached hydrogens (tertiary/aromatic N) is 1. The highest BCUT2D eigenvalue weighted by Crippen LogP contribution is 2.25. The second kappa shape index (κ2) is 3.32. The van der Waals surface area contributed by atoms with E-state index in [0.29, 0.717) is 0 Å². The lowest BCUT2D eigenvalue weighted by atomic mass is 10.1. The summed E-state index contributed by atoms with van der Waals surface area (Å²) in [7, 11) is 0. The fraction of sp³-hybridized carbons (Fsp3) is 1.00. The molecule has 3 heteroatoms. The van der Waals surface area contributed by atoms with Crippen LogP contribution in [0, 0.1) is 0 Å². The topological polar surface area (TPSA) is 49.5 Å². The van der Waals surface area contributed by atoms with Gasteiger partial charge in [0.2, 0.25) is 0 Å². The van der Waals surface area contributed by atoms with Crippen LogP contribution in [0.25, 0.3) is 0 Å². The Balaban J connectivity index is 2.64. The maximum atomic E-state index is 9.12. The van der Waals surface area contributed by atoms with Gasteiger partial charge < -0.3 is 10.8 Å². The maximum Gasteiger partial charge on any atom is 0.0587 e. The summed E-state index contributed by atoms with van der Waals surface area (Å²) in [6, 6.07) is 0.501. The van der Waals surface area contributed by atoms with Gasteiger partial charge in [0.1, 0.15) is 0 Å². The molecule has 1 rings (SSSR count). The molecule has 0 aromatic rings. The van der Waals surface area contributed by atoms with E-state index in [1.165, 1.54) is 0 Å². The molecular formula is C9H20N2O. The average Bonchev–Trinajstić information content (AvgIpc) is 2.29. The van der Waals surface area contributed by atoms with E-state index in [-0.39, 0.29) is 24.2 Å². The zero-order valence-electron chi connectivity index (χ0n) is 8.25. The summed E-state index contributed by atoms with van der Waals surface area (Å²) < 4.78 is 0. The van der Waals surface area contributed by atoms with Crippen LogP contribution < -0.4 is 5.73 Å². The minimum atomic E-state index is 0.127. The zero-order chi connectivity index (χ0) is 9.35. The molecule has 0 aromatic heterocycles. The predicted molar refractivity (Wildman–Crippen MR) is 49.9 cm³/mol. The van der Waals surface area contributed by atoms with Gasteiger partial charge >= 0.3 is 0 Å². The highest BCUT2D eigenvalue weighted by Gasteiger charge is 2.35. The van der Waals surface area contributed by atoms with Gasteiger partial charge in [0, 0.05) is 24.2 Å². The third kappa shape index (κ3) is 1.97. The van der Waals surface area contributed by atoms with Gasteiger partial charge in [0.25, 0.3) is 0 Å². The second-order valence-corrected chi connectivity index (χ2v) is 4.66. The quantitative estimate of drug-likeness (QED) is 0.593. The number of aliphatic hydroxyl groups is 1. The third-order valence-corrected chi connectivity index (χ3v) is 2.52. The first-order valence-corrected chi connectivity index (χ1v) is 4.58. The van der Waals surface area contributed by atoms with Crippen molar-refractivity contribution in [2.45, 2.75) is 44.8 Å². The molecule has 12 heavy (non-hydrogen) atoms. The maximum absolute atomic E-state index is 9.12. The Morgan fingerprint density at radius 1 is 1.50 bits per heavy atom. The summed E-state index contributed by atoms with van der Waals surface area (Å²) in [5.41, 5.74) is 5.96. The first-order valence-electron chi connectivity index (χ1n) is 4.58. The van der Waals surface area contributed by atoms with Gasteiger partial charge in [-0.25, -0.2) is 0 Å². The van der Waals surface area contributed by atoms with Crippen molar-refractivity contribution in [1.29, 1.82) is 0 Å². The van der Waals surface area contributed by atoms with Gasteiger partial charge in [-0.05, 0) is 27.2 Å². The molecule has 3 N–H and O–H groups in total. The van der Waals surface area contributed by atoms with E-state index in [9.17, 15) is 0 Å². The van der Waals surface area contributed by atoms with Crippen molar-refractivity contribution in [3.63, 3.8) is 0 Å². The summed E-state index contributed by atoms with van der Waals surface area (Å²) in [5, 5.41) is 9.12. The van der Waals surface area contributed by atoms with Gasteiger partial charge in [-0.3, -0.25) is 4.90 Å². The average molecular weight is 172 g/mol. The predicted octanol–water partition coefficient (Wildman–Crippen LogP) is 0.179. The molecule has 0 bridgehead atoms. The van der Waals surface area contributed by atoms with Crippen LogP contribution in [0.3, 0.4) is 0 Å². The van der Waals surface area contributed by atoms with Gasteiger partial charge in [0.05, 0.1) is 6.61 Å². The van der Waals surface area contributed by atoms with Crippen LogP contribution in [-0.4, -0.2) is 40.8 Å². The van der Waals surface area contributed by atoms with Gasteiger partial charge in [-0.15, -0.1) is 0 Å². The van der Waals surface area contributed by atoms with Crippen LogP contribution in [0.5, 0.6) is 0 Å². The van der Waals surface area contributed by atoms with E-state index in [1.807, 2.05) is 0 Å². The van der Waals surface area contributed by atoms with E-state index < -0.39 is 0 Å². The van der Waals surface area contributed by atoms with Crippen LogP contribution in [0.15, 0.2) is 0 Å². The molecule has 2 atom stereocenters. The third-order valence-electron chi connectivity index (χ3n) is 2.52. The second-order valence-electron chi connectivity index (χ2n) is 4.66. The SMILES string of the molecule is CC(C)(C)N1CC(N)C[C@H]1CO. The fourth-order valence-electron chi connectivity index (χ4n) is 1.95. The Kier molecular flexibility index (Phi) is 2.76. The Morgan fingerprint density at radius 2 is 2.08 bits per heavy atom. The van der Waals surface area contributed by atoms with E-state index >= 15 is 0 Å². The highest BCUT2D eigenvalue weighted by atomic mass is 16.3. The standard InChI is InChI=1S/C9H20N2O/c1-9(2,3)11-5-7(10)4-8(11)6-12/h7-8,12H,4-6,10H2,1-3H3/t7?,8-/m0/s1. The number of hydrogen-bond donors (Lipinski definition) is 2. The normalized spacial score (nSPS) is 32.8. The van der Waals surface area contributed by atoms with Crippen molar-refractivity contribution in [3.05, 3.63) is 0 Å². The number of aliphatic hydroxyl groups excluding tert-OH is 1. The molecule has 1 heterocycles. The van der Waals surface area contributed by atoms with Crippen molar-refractivity contribution in [2.75, 3.05) is 13.2 Å². The largest absolute Gasteiger partial charge is 0.395 e. The van der Waals surface area contributed by atoms with Crippen molar-refractivity contribution in [2.24, 2.45) is 5.73 Å². The van der Waals surface area contributed by atoms with Crippen LogP contribution in [-0.2, 0) is 0 Å². The Hall–Kier alpha value is -0.120. The Bertz CT molecular complexity index is 153. The molecule has 1 unspecified atom stereocenters. The number of hydrogen-bond acceptors (Lipinski definition) is 3. The lowest BCUT2D eigenvalue weighted by Crippen LogP contribution is -2.46. The van der Waals surface area contributed by atoms with E-state index in [4.69, 9.17) is 10.8 Å². The molecule has 0 aromatic carbocycles. The summed E-state index contributed by atoms with van der Waals surface area (Å²) in [6.07, 6.45) is 0.924. The molecule has 1 fully saturated rings. The van der Waals surface area contributed by atoms with E-state index in [1.54, 1.807) is 0 Å². The molecule has 0 radical (unpaired) electrons. The first kappa shape index (κ1) is 9.96. The molecule has 1 aliphatic rings. The van der Waals surface area contributed by atoms with Crippen molar-refractivity contribution in [3.8, 4) is 0 Å². The molecule has 0 amide bonds. The molecule has 1 saturated heterocycles. The van der Waals surface area contributed by atoms with Crippen molar-refractivity contribution in [1.82, 2.24) is 4.90 Å². The lowest BCUT2D eigenvalue weighted by molar-refractivity contribution is 0.0800. The summed E-state index contributed by atoms with van der Waals surface area (Å²) in [5.74, 6) is 0. The molecule has 72 valence electrons. The van der Waals surface area contributed by atoms with Gasteiger partial charge in [-0.1, -0.05) is 0 Å². The van der Waals surface area contributed by atoms with E-state index in [2.05, 4.69) is 25.7 Å². The van der Waals surface area contributed by atoms with Gasteiger partial charge in [0.15, 0.2) is 0 Å². The number of rotatable bonds is 1. The molecular weight excluding hydrogens is 152 g/mol. The van der Waals surface area contributed by atoms with Crippen molar-refractivity contribution >= 4 is 0 Å². The van der Waals surface area contributed by atoms with Crippen LogP contribution in [0.4, 0.5) is 0 Å². The van der Waals surface area contributed by atoms with Crippen LogP contribution in [0.2, 0.25) is 0 Å². The zero-order valence-corrected chi connectivity index (χ0v) is 8.25. The fourth-order valence-corrected chi connectivity index (χ4v) is 1.95. The van der Waals surface area contributed by atoms with Crippen LogP contribution in [0.1, 0.15) is 27.2 Å². The lowest BCUT2D eigenvalue weighted by Gasteiger charge is -2.36. The monoisotopic (exact) mass is 172 g/mol. The molecule has 3 nitrogen and oxygen atoms in total. The summed E-state index contributed by atoms with van der Waals surface area (Å²) in [4.78, 5) is 2.29. The minimum Gasteiger partial charge on any atom is -0.395 e. The van der Waals surface area contributed by atoms with Crippen molar-refractivity contribution < 1.29 is 5.11 Å². The van der Waals surface area contributed by atoms with E-state index in [0.717, 1.165) is 13.0 Å². The molecule has 1 aliphatic heterocycles. The smallest absolute Gasteiger partial charge is 0.0587 e. The minimum absolute atomic E-state index is 0.127. The summed E-state index contributed by atoms with van der Waals surface area (Å²) in [6.45, 7) is 7.62. The molecule has 0 aliphatic carbocycles.